The molecule has 6 rings (SSSR count). The monoisotopic (exact) mass is 821 g/mol. The number of amides is 2. The molecule has 2 amide bonds. The number of aliphatic carboxylic acids is 1. The van der Waals surface area contributed by atoms with Crippen molar-refractivity contribution in [2.75, 3.05) is 26.7 Å². The van der Waals surface area contributed by atoms with Gasteiger partial charge in [0.15, 0.2) is 0 Å². The van der Waals surface area contributed by atoms with Crippen LogP contribution in [0, 0.1) is 12.0 Å². The molecule has 4 atom stereocenters. The molecule has 0 bridgehead atoms. The maximum atomic E-state index is 15.1. The molecule has 306 valence electrons. The standard InChI is InChI=1S/C40H42F6N4O6S/c1-3-8-31-38(56-27-22-32(57-23-27)40(44,45)46,14-7-18-50(31)34(51)33-29(39(41,42)43)10-6-17-48-33)36(54)49-19-15-37(16-20-49,24-47-2)28-9-4-5-11-30(28)55-26-13-12-25(21-26)35(52)53/h4-6,9-11,17,22-23,25-26,31H,3,7-8,12-16,18-21H2,1-2H3/p+1. The zero-order chi connectivity index (χ0) is 41.2. The first-order valence-corrected chi connectivity index (χ1v) is 19.7. The maximum absolute atomic E-state index is 15.1. The lowest BCUT2D eigenvalue weighted by Crippen LogP contribution is -2.68. The van der Waals surface area contributed by atoms with Crippen molar-refractivity contribution in [1.82, 2.24) is 14.8 Å². The summed E-state index contributed by atoms with van der Waals surface area (Å²) < 4.78 is 96.4. The summed E-state index contributed by atoms with van der Waals surface area (Å²) in [5.41, 5.74) is -4.16. The number of carboxylic acid groups (broad SMARTS) is 1. The van der Waals surface area contributed by atoms with Gasteiger partial charge >= 0.3 is 18.3 Å². The van der Waals surface area contributed by atoms with E-state index in [1.807, 2.05) is 12.1 Å². The van der Waals surface area contributed by atoms with E-state index in [1.165, 1.54) is 4.90 Å². The van der Waals surface area contributed by atoms with E-state index in [0.29, 0.717) is 42.8 Å². The highest BCUT2D eigenvalue weighted by Crippen LogP contribution is 2.46. The van der Waals surface area contributed by atoms with E-state index in [4.69, 9.17) is 9.47 Å². The molecule has 17 heteroatoms. The number of nitrogens with zero attached hydrogens (tertiary/aromatic N) is 4. The molecule has 1 saturated carbocycles. The van der Waals surface area contributed by atoms with Crippen LogP contribution in [0.25, 0.3) is 4.85 Å². The van der Waals surface area contributed by atoms with Crippen LogP contribution >= 0.6 is 11.3 Å². The highest BCUT2D eigenvalue weighted by molar-refractivity contribution is 7.10. The van der Waals surface area contributed by atoms with Crippen LogP contribution in [-0.4, -0.2) is 82.1 Å². The van der Waals surface area contributed by atoms with Gasteiger partial charge in [0.05, 0.1) is 23.6 Å². The molecular weight excluding hydrogens is 779 g/mol. The molecule has 10 nitrogen and oxygen atoms in total. The summed E-state index contributed by atoms with van der Waals surface area (Å²) in [6.07, 6.45) is -6.34. The number of hydrogen-bond acceptors (Lipinski definition) is 7. The number of carboxylic acids is 1. The normalized spacial score (nSPS) is 23.7. The Bertz CT molecular complexity index is 2020. The Labute approximate surface area is 329 Å². The first-order valence-electron chi connectivity index (χ1n) is 18.8. The van der Waals surface area contributed by atoms with Gasteiger partial charge in [0.25, 0.3) is 24.9 Å². The summed E-state index contributed by atoms with van der Waals surface area (Å²) >= 11 is 0.381. The number of rotatable bonds is 10. The molecule has 1 aliphatic carbocycles. The molecule has 4 unspecified atom stereocenters. The van der Waals surface area contributed by atoms with Crippen LogP contribution in [0.3, 0.4) is 0 Å². The highest BCUT2D eigenvalue weighted by atomic mass is 32.1. The van der Waals surface area contributed by atoms with Crippen LogP contribution in [0.15, 0.2) is 54.0 Å². The van der Waals surface area contributed by atoms with E-state index in [9.17, 15) is 41.0 Å². The second-order valence-electron chi connectivity index (χ2n) is 14.7. The third-order valence-corrected chi connectivity index (χ3v) is 12.1. The van der Waals surface area contributed by atoms with Gasteiger partial charge in [-0.25, -0.2) is 0 Å². The number of likely N-dealkylation sites (tertiary alicyclic amines) is 2. The van der Waals surface area contributed by atoms with Crippen LogP contribution in [0.1, 0.15) is 91.2 Å². The fourth-order valence-electron chi connectivity index (χ4n) is 8.51. The summed E-state index contributed by atoms with van der Waals surface area (Å²) in [4.78, 5) is 50.6. The van der Waals surface area contributed by atoms with Crippen molar-refractivity contribution in [2.45, 2.75) is 100 Å². The first kappa shape index (κ1) is 41.8. The minimum Gasteiger partial charge on any atom is -0.490 e. The summed E-state index contributed by atoms with van der Waals surface area (Å²) in [5, 5.41) is 10.7. The predicted molar refractivity (Wildman–Crippen MR) is 197 cm³/mol. The Morgan fingerprint density at radius 2 is 1.75 bits per heavy atom. The van der Waals surface area contributed by atoms with E-state index in [-0.39, 0.29) is 63.6 Å². The SMILES string of the molecule is CCCC1N(C(=O)c2ncccc2C(F)(F)F)CCCC1(Oc1csc(C(F)(F)F)c1)C(=O)N1CCC(C#[N+]C)(c2ccccc2OC2CCC(C(=O)O)C2)CC1. The summed E-state index contributed by atoms with van der Waals surface area (Å²) in [7, 11) is 1.57. The summed E-state index contributed by atoms with van der Waals surface area (Å²) in [5.74, 6) is -2.75. The number of carbonyl (C=O) groups is 3. The number of aromatic nitrogens is 1. The second kappa shape index (κ2) is 16.6. The van der Waals surface area contributed by atoms with Crippen LogP contribution < -0.4 is 9.47 Å². The van der Waals surface area contributed by atoms with E-state index < -0.39 is 69.2 Å². The van der Waals surface area contributed by atoms with Gasteiger partial charge in [0, 0.05) is 49.3 Å². The fourth-order valence-corrected chi connectivity index (χ4v) is 9.18. The number of piperidine rings is 2. The van der Waals surface area contributed by atoms with Crippen molar-refractivity contribution < 1.29 is 55.3 Å². The lowest BCUT2D eigenvalue weighted by molar-refractivity contribution is -0.160. The molecule has 3 fully saturated rings. The van der Waals surface area contributed by atoms with Gasteiger partial charge in [-0.2, -0.15) is 26.3 Å². The number of para-hydroxylation sites is 1. The molecule has 2 aliphatic heterocycles. The van der Waals surface area contributed by atoms with Crippen LogP contribution in [0.2, 0.25) is 0 Å². The highest BCUT2D eigenvalue weighted by Gasteiger charge is 2.57. The fraction of sp³-hybridized carbons (Fsp3) is 0.525. The van der Waals surface area contributed by atoms with Crippen LogP contribution in [0.5, 0.6) is 11.5 Å². The van der Waals surface area contributed by atoms with E-state index in [2.05, 4.69) is 15.9 Å². The van der Waals surface area contributed by atoms with Crippen molar-refractivity contribution in [3.05, 3.63) is 80.6 Å². The van der Waals surface area contributed by atoms with Gasteiger partial charge < -0.3 is 24.4 Å². The lowest BCUT2D eigenvalue weighted by atomic mass is 9.72. The number of thiophene rings is 1. The van der Waals surface area contributed by atoms with Crippen LogP contribution in [0.4, 0.5) is 26.3 Å². The van der Waals surface area contributed by atoms with Crippen LogP contribution in [-0.2, 0) is 27.4 Å². The van der Waals surface area contributed by atoms with Gasteiger partial charge in [-0.15, -0.1) is 11.3 Å². The predicted octanol–water partition coefficient (Wildman–Crippen LogP) is 8.56. The van der Waals surface area contributed by atoms with Crippen molar-refractivity contribution in [2.24, 2.45) is 5.92 Å². The average Bonchev–Trinajstić information content (AvgIpc) is 3.86. The Hall–Kier alpha value is -4.85. The largest absolute Gasteiger partial charge is 0.490 e. The lowest BCUT2D eigenvalue weighted by Gasteiger charge is -2.50. The third kappa shape index (κ3) is 8.56. The minimum absolute atomic E-state index is 0.0224. The Kier molecular flexibility index (Phi) is 12.1. The summed E-state index contributed by atoms with van der Waals surface area (Å²) in [6, 6.07) is 12.0. The molecule has 2 aromatic heterocycles. The topological polar surface area (TPSA) is 114 Å². The first-order chi connectivity index (χ1) is 27.0. The van der Waals surface area contributed by atoms with Gasteiger partial charge in [0.1, 0.15) is 27.5 Å². The van der Waals surface area contributed by atoms with E-state index >= 15 is 4.79 Å². The molecule has 1 N–H and O–H groups in total. The van der Waals surface area contributed by atoms with E-state index in [0.717, 1.165) is 40.2 Å². The smallest absolute Gasteiger partial charge is 0.425 e. The molecule has 2 saturated heterocycles. The number of halogens is 6. The Balaban J connectivity index is 1.34. The van der Waals surface area contributed by atoms with Crippen molar-refractivity contribution in [3.63, 3.8) is 0 Å². The summed E-state index contributed by atoms with van der Waals surface area (Å²) in [6.45, 7) is 1.94. The number of ether oxygens (including phenoxy) is 2. The number of hydrogen-bond donors (Lipinski definition) is 1. The third-order valence-electron chi connectivity index (χ3n) is 11.2. The molecule has 57 heavy (non-hydrogen) atoms. The molecule has 0 radical (unpaired) electrons. The average molecular weight is 822 g/mol. The number of pyridine rings is 1. The molecule has 3 aliphatic rings. The molecule has 0 spiro atoms. The second-order valence-corrected chi connectivity index (χ2v) is 15.6. The van der Waals surface area contributed by atoms with Gasteiger partial charge in [-0.1, -0.05) is 36.4 Å². The Morgan fingerprint density at radius 1 is 1.02 bits per heavy atom. The number of carbonyl (C=O) groups excluding carboxylic acids is 2. The molecule has 3 aromatic rings. The molecule has 1 aromatic carbocycles. The molecule has 4 heterocycles. The van der Waals surface area contributed by atoms with E-state index in [1.54, 1.807) is 26.1 Å². The zero-order valence-corrected chi connectivity index (χ0v) is 32.2. The minimum atomic E-state index is -4.91. The zero-order valence-electron chi connectivity index (χ0n) is 31.4. The van der Waals surface area contributed by atoms with Crippen molar-refractivity contribution in [1.29, 1.82) is 0 Å². The van der Waals surface area contributed by atoms with Gasteiger partial charge in [-0.05, 0) is 63.1 Å². The van der Waals surface area contributed by atoms with Gasteiger partial charge in [0.2, 0.25) is 5.60 Å². The quantitative estimate of drug-likeness (QED) is 0.204. The van der Waals surface area contributed by atoms with Crippen molar-refractivity contribution >= 4 is 29.1 Å². The maximum Gasteiger partial charge on any atom is 0.425 e. The number of benzene rings is 1. The van der Waals surface area contributed by atoms with Crippen molar-refractivity contribution in [3.8, 4) is 17.6 Å². The Morgan fingerprint density at radius 3 is 2.39 bits per heavy atom. The molecular formula is C40H43F6N4O6S+. The van der Waals surface area contributed by atoms with Gasteiger partial charge in [-0.3, -0.25) is 19.4 Å². The number of alkyl halides is 6.